The van der Waals surface area contributed by atoms with Gasteiger partial charge in [0, 0.05) is 10.9 Å². The second-order valence-electron chi connectivity index (χ2n) is 7.14. The van der Waals surface area contributed by atoms with Crippen LogP contribution in [0.2, 0.25) is 0 Å². The maximum atomic E-state index is 15.1. The molecule has 0 bridgehead atoms. The van der Waals surface area contributed by atoms with Gasteiger partial charge >= 0.3 is 11.9 Å². The van der Waals surface area contributed by atoms with Crippen LogP contribution in [0.15, 0.2) is 82.0 Å². The highest BCUT2D eigenvalue weighted by molar-refractivity contribution is 9.10. The van der Waals surface area contributed by atoms with Crippen molar-refractivity contribution in [2.24, 2.45) is 0 Å². The number of allylic oxidation sites excluding steroid dienone is 1. The zero-order valence-electron chi connectivity index (χ0n) is 17.9. The Morgan fingerprint density at radius 3 is 2.25 bits per heavy atom. The van der Waals surface area contributed by atoms with Crippen LogP contribution in [-0.4, -0.2) is 18.5 Å². The van der Waals surface area contributed by atoms with Gasteiger partial charge in [0.05, 0.1) is 18.1 Å². The molecule has 0 fully saturated rings. The maximum Gasteiger partial charge on any atom is 0.341 e. The molecule has 1 unspecified atom stereocenters. The molecule has 1 atom stereocenters. The number of hydrogen-bond acceptors (Lipinski definition) is 5. The summed E-state index contributed by atoms with van der Waals surface area (Å²) in [6, 6.07) is 15.1. The highest BCUT2D eigenvalue weighted by atomic mass is 79.9. The van der Waals surface area contributed by atoms with Crippen molar-refractivity contribution < 1.29 is 28.2 Å². The Balaban J connectivity index is 2.06. The number of carbonyl (C=O) groups is 2. The second kappa shape index (κ2) is 11.1. The molecule has 1 aliphatic heterocycles. The molecule has 5 nitrogen and oxygen atoms in total. The van der Waals surface area contributed by atoms with Crippen LogP contribution in [-0.2, 0) is 30.4 Å². The Morgan fingerprint density at radius 1 is 0.969 bits per heavy atom. The fourth-order valence-corrected chi connectivity index (χ4v) is 3.74. The number of rotatable bonds is 8. The molecule has 0 amide bonds. The van der Waals surface area contributed by atoms with Gasteiger partial charge in [-0.15, -0.1) is 0 Å². The number of benzene rings is 2. The van der Waals surface area contributed by atoms with Crippen LogP contribution in [0.4, 0.5) is 4.39 Å². The van der Waals surface area contributed by atoms with Crippen LogP contribution in [0, 0.1) is 0 Å². The summed E-state index contributed by atoms with van der Waals surface area (Å²) in [4.78, 5) is 26.0. The van der Waals surface area contributed by atoms with Gasteiger partial charge in [0.25, 0.3) is 6.01 Å². The van der Waals surface area contributed by atoms with Gasteiger partial charge in [-0.1, -0.05) is 65.3 Å². The van der Waals surface area contributed by atoms with E-state index < -0.39 is 23.9 Å². The molecule has 168 valence electrons. The summed E-state index contributed by atoms with van der Waals surface area (Å²) in [7, 11) is 0. The molecule has 0 aromatic heterocycles. The average molecular weight is 503 g/mol. The summed E-state index contributed by atoms with van der Waals surface area (Å²) in [5.41, 5.74) is 1.12. The molecule has 0 aliphatic carbocycles. The quantitative estimate of drug-likeness (QED) is 0.407. The van der Waals surface area contributed by atoms with E-state index in [1.807, 2.05) is 37.3 Å². The fraction of sp³-hybridized carbons (Fsp3) is 0.280. The summed E-state index contributed by atoms with van der Waals surface area (Å²) in [6.07, 6.45) is 0.923. The first-order valence-corrected chi connectivity index (χ1v) is 11.2. The van der Waals surface area contributed by atoms with Crippen molar-refractivity contribution in [3.8, 4) is 0 Å². The van der Waals surface area contributed by atoms with Crippen LogP contribution in [0.5, 0.6) is 0 Å². The number of hydrogen-bond donors (Lipinski definition) is 0. The normalized spacial score (nSPS) is 15.9. The summed E-state index contributed by atoms with van der Waals surface area (Å²) in [6.45, 7) is 3.61. The number of ether oxygens (including phenoxy) is 3. The van der Waals surface area contributed by atoms with Gasteiger partial charge in [-0.3, -0.25) is 0 Å². The van der Waals surface area contributed by atoms with Crippen molar-refractivity contribution in [2.75, 3.05) is 6.61 Å². The zero-order valence-corrected chi connectivity index (χ0v) is 19.5. The molecule has 3 rings (SSSR count). The highest BCUT2D eigenvalue weighted by Crippen LogP contribution is 2.43. The molecule has 0 N–H and O–H groups in total. The van der Waals surface area contributed by atoms with Gasteiger partial charge in [-0.05, 0) is 36.6 Å². The largest absolute Gasteiger partial charge is 0.462 e. The standard InChI is InChI=1S/C25H24BrFO5/c1-3-8-19-21(24(28)31-15-16-9-6-5-7-10-16)20(17-11-13-18(26)14-12-17)22(23(27)32-19)25(29)30-4-2/h5-7,9-14,20H,3-4,8,15H2,1-2H3. The van der Waals surface area contributed by atoms with E-state index in [9.17, 15) is 9.59 Å². The molecule has 0 spiro atoms. The molecule has 32 heavy (non-hydrogen) atoms. The summed E-state index contributed by atoms with van der Waals surface area (Å²) in [5.74, 6) is -2.40. The third kappa shape index (κ3) is 5.46. The van der Waals surface area contributed by atoms with Gasteiger partial charge in [-0.2, -0.15) is 4.39 Å². The van der Waals surface area contributed by atoms with E-state index in [-0.39, 0.29) is 30.1 Å². The number of halogens is 2. The summed E-state index contributed by atoms with van der Waals surface area (Å²) < 4.78 is 31.9. The van der Waals surface area contributed by atoms with Gasteiger partial charge in [-0.25, -0.2) is 9.59 Å². The van der Waals surface area contributed by atoms with E-state index >= 15 is 4.39 Å². The van der Waals surface area contributed by atoms with Gasteiger partial charge in [0.15, 0.2) is 0 Å². The smallest absolute Gasteiger partial charge is 0.341 e. The van der Waals surface area contributed by atoms with Gasteiger partial charge in [0.2, 0.25) is 0 Å². The molecular weight excluding hydrogens is 479 g/mol. The van der Waals surface area contributed by atoms with Gasteiger partial charge < -0.3 is 14.2 Å². The zero-order chi connectivity index (χ0) is 23.1. The van der Waals surface area contributed by atoms with Crippen molar-refractivity contribution in [1.82, 2.24) is 0 Å². The highest BCUT2D eigenvalue weighted by Gasteiger charge is 2.41. The topological polar surface area (TPSA) is 61.8 Å². The average Bonchev–Trinajstić information content (AvgIpc) is 2.78. The minimum absolute atomic E-state index is 0.0383. The maximum absolute atomic E-state index is 15.1. The van der Waals surface area contributed by atoms with Crippen molar-refractivity contribution in [2.45, 2.75) is 39.2 Å². The Bertz CT molecular complexity index is 1030. The van der Waals surface area contributed by atoms with Crippen molar-refractivity contribution in [3.63, 3.8) is 0 Å². The Morgan fingerprint density at radius 2 is 1.62 bits per heavy atom. The van der Waals surface area contributed by atoms with E-state index in [1.165, 1.54) is 0 Å². The fourth-order valence-electron chi connectivity index (χ4n) is 3.48. The SMILES string of the molecule is CCCC1=C(C(=O)OCc2ccccc2)C(c2ccc(Br)cc2)C(C(=O)OCC)=C(F)O1. The van der Waals surface area contributed by atoms with Crippen molar-refractivity contribution in [1.29, 1.82) is 0 Å². The minimum Gasteiger partial charge on any atom is -0.462 e. The van der Waals surface area contributed by atoms with E-state index in [0.29, 0.717) is 18.4 Å². The van der Waals surface area contributed by atoms with Crippen LogP contribution in [0.1, 0.15) is 43.7 Å². The van der Waals surface area contributed by atoms with Crippen LogP contribution in [0.3, 0.4) is 0 Å². The van der Waals surface area contributed by atoms with Crippen molar-refractivity contribution in [3.05, 3.63) is 93.1 Å². The predicted octanol–water partition coefficient (Wildman–Crippen LogP) is 6.10. The molecule has 2 aromatic carbocycles. The van der Waals surface area contributed by atoms with E-state index in [2.05, 4.69) is 15.9 Å². The summed E-state index contributed by atoms with van der Waals surface area (Å²) >= 11 is 3.38. The van der Waals surface area contributed by atoms with E-state index in [4.69, 9.17) is 14.2 Å². The predicted molar refractivity (Wildman–Crippen MR) is 121 cm³/mol. The van der Waals surface area contributed by atoms with Crippen molar-refractivity contribution >= 4 is 27.9 Å². The third-order valence-corrected chi connectivity index (χ3v) is 5.44. The molecule has 7 heteroatoms. The monoisotopic (exact) mass is 502 g/mol. The van der Waals surface area contributed by atoms with Crippen LogP contribution in [0.25, 0.3) is 0 Å². The van der Waals surface area contributed by atoms with E-state index in [1.54, 1.807) is 31.2 Å². The van der Waals surface area contributed by atoms with E-state index in [0.717, 1.165) is 10.0 Å². The molecule has 1 heterocycles. The first-order chi connectivity index (χ1) is 15.5. The molecule has 0 saturated carbocycles. The lowest BCUT2D eigenvalue weighted by Gasteiger charge is -2.28. The molecule has 1 aliphatic rings. The lowest BCUT2D eigenvalue weighted by Crippen LogP contribution is -2.28. The third-order valence-electron chi connectivity index (χ3n) is 4.91. The summed E-state index contributed by atoms with van der Waals surface area (Å²) in [5, 5.41) is 0. The van der Waals surface area contributed by atoms with Crippen LogP contribution >= 0.6 is 15.9 Å². The first kappa shape index (κ1) is 23.7. The Hall–Kier alpha value is -2.93. The number of carbonyl (C=O) groups excluding carboxylic acids is 2. The molecule has 2 aromatic rings. The minimum atomic E-state index is -1.06. The Labute approximate surface area is 195 Å². The first-order valence-electron chi connectivity index (χ1n) is 10.4. The lowest BCUT2D eigenvalue weighted by atomic mass is 9.82. The molecule has 0 radical (unpaired) electrons. The molecular formula is C25H24BrFO5. The lowest BCUT2D eigenvalue weighted by molar-refractivity contribution is -0.141. The number of esters is 2. The Kier molecular flexibility index (Phi) is 8.22. The molecule has 0 saturated heterocycles. The second-order valence-corrected chi connectivity index (χ2v) is 8.06. The van der Waals surface area contributed by atoms with Gasteiger partial charge in [0.1, 0.15) is 17.9 Å². The van der Waals surface area contributed by atoms with Crippen LogP contribution < -0.4 is 0 Å².